The highest BCUT2D eigenvalue weighted by Crippen LogP contribution is 2.27. The number of benzene rings is 3. The van der Waals surface area contributed by atoms with E-state index in [0.29, 0.717) is 12.1 Å². The molecule has 2 N–H and O–H groups in total. The number of carboxylic acid groups (broad SMARTS) is 1. The molecule has 0 spiro atoms. The van der Waals surface area contributed by atoms with E-state index in [1.165, 1.54) is 5.56 Å². The quantitative estimate of drug-likeness (QED) is 0.375. The van der Waals surface area contributed by atoms with Crippen LogP contribution in [0, 0.1) is 11.3 Å². The second-order valence-electron chi connectivity index (χ2n) is 9.17. The molecule has 1 aromatic heterocycles. The van der Waals surface area contributed by atoms with Gasteiger partial charge in [0.15, 0.2) is 0 Å². The summed E-state index contributed by atoms with van der Waals surface area (Å²) >= 11 is 0. The Morgan fingerprint density at radius 1 is 1.00 bits per heavy atom. The Hall–Kier alpha value is -4.37. The molecule has 0 aliphatic rings. The van der Waals surface area contributed by atoms with Crippen LogP contribution in [0.25, 0.3) is 16.9 Å². The van der Waals surface area contributed by atoms with Gasteiger partial charge in [0.25, 0.3) is 0 Å². The number of carboxylic acids is 1. The fourth-order valence-corrected chi connectivity index (χ4v) is 3.66. The lowest BCUT2D eigenvalue weighted by Gasteiger charge is -2.19. The van der Waals surface area contributed by atoms with Gasteiger partial charge in [0, 0.05) is 29.6 Å². The van der Waals surface area contributed by atoms with Crippen LogP contribution in [0.5, 0.6) is 0 Å². The van der Waals surface area contributed by atoms with E-state index in [2.05, 4.69) is 56.4 Å². The highest BCUT2D eigenvalue weighted by molar-refractivity contribution is 5.87. The molecule has 0 fully saturated rings. The Bertz CT molecular complexity index is 1340. The molecule has 6 nitrogen and oxygen atoms in total. The van der Waals surface area contributed by atoms with E-state index in [4.69, 9.17) is 10.4 Å². The van der Waals surface area contributed by atoms with Crippen molar-refractivity contribution in [3.05, 3.63) is 101 Å². The number of nitriles is 1. The lowest BCUT2D eigenvalue weighted by Crippen LogP contribution is -2.10. The minimum absolute atomic E-state index is 0.0958. The molecular formula is C28H26N4O2. The van der Waals surface area contributed by atoms with Crippen molar-refractivity contribution in [1.82, 2.24) is 9.78 Å². The zero-order valence-corrected chi connectivity index (χ0v) is 19.4. The maximum absolute atomic E-state index is 11.2. The summed E-state index contributed by atoms with van der Waals surface area (Å²) in [5.74, 6) is -0.965. The van der Waals surface area contributed by atoms with E-state index in [1.807, 2.05) is 18.3 Å². The molecule has 0 amide bonds. The van der Waals surface area contributed by atoms with E-state index in [1.54, 1.807) is 41.1 Å². The molecule has 6 heteroatoms. The normalized spacial score (nSPS) is 11.1. The smallest absolute Gasteiger partial charge is 0.335 e. The standard InChI is InChI=1S/C28H26N4O2/c1-28(2,3)23-10-12-24(13-11-23)30-17-22-18-32(25-14-8-21(9-15-25)27(33)34)31-26(22)20-6-4-19(16-29)5-7-20/h4-15,18,30H,17H2,1-3H3,(H,33,34). The van der Waals surface area contributed by atoms with Crippen molar-refractivity contribution in [2.75, 3.05) is 5.32 Å². The maximum atomic E-state index is 11.2. The number of anilines is 1. The van der Waals surface area contributed by atoms with Crippen LogP contribution in [0.2, 0.25) is 0 Å². The third-order valence-corrected chi connectivity index (χ3v) is 5.69. The van der Waals surface area contributed by atoms with Crippen molar-refractivity contribution in [2.24, 2.45) is 0 Å². The molecule has 34 heavy (non-hydrogen) atoms. The Morgan fingerprint density at radius 2 is 1.65 bits per heavy atom. The minimum atomic E-state index is -0.965. The van der Waals surface area contributed by atoms with Gasteiger partial charge in [-0.2, -0.15) is 10.4 Å². The number of nitrogens with one attached hydrogen (secondary N) is 1. The average Bonchev–Trinajstić information content (AvgIpc) is 3.27. The fraction of sp³-hybridized carbons (Fsp3) is 0.179. The highest BCUT2D eigenvalue weighted by Gasteiger charge is 2.15. The monoisotopic (exact) mass is 450 g/mol. The maximum Gasteiger partial charge on any atom is 0.335 e. The van der Waals surface area contributed by atoms with Crippen LogP contribution in [0.15, 0.2) is 79.0 Å². The second kappa shape index (κ2) is 9.24. The predicted molar refractivity (Wildman–Crippen MR) is 133 cm³/mol. The molecule has 0 unspecified atom stereocenters. The van der Waals surface area contributed by atoms with Crippen molar-refractivity contribution >= 4 is 11.7 Å². The molecule has 4 rings (SSSR count). The molecule has 0 aliphatic heterocycles. The van der Waals surface area contributed by atoms with Gasteiger partial charge in [-0.05, 0) is 59.5 Å². The summed E-state index contributed by atoms with van der Waals surface area (Å²) in [5.41, 5.74) is 6.64. The van der Waals surface area contributed by atoms with Gasteiger partial charge in [-0.1, -0.05) is 45.0 Å². The van der Waals surface area contributed by atoms with Gasteiger partial charge in [-0.15, -0.1) is 0 Å². The second-order valence-corrected chi connectivity index (χ2v) is 9.17. The summed E-state index contributed by atoms with van der Waals surface area (Å²) in [6.07, 6.45) is 1.94. The molecule has 0 aliphatic carbocycles. The highest BCUT2D eigenvalue weighted by atomic mass is 16.4. The Labute approximate surface area is 199 Å². The lowest BCUT2D eigenvalue weighted by molar-refractivity contribution is 0.0697. The number of aromatic nitrogens is 2. The molecule has 0 radical (unpaired) electrons. The molecule has 170 valence electrons. The molecule has 0 bridgehead atoms. The van der Waals surface area contributed by atoms with Crippen LogP contribution in [0.3, 0.4) is 0 Å². The van der Waals surface area contributed by atoms with Gasteiger partial charge in [-0.3, -0.25) is 0 Å². The van der Waals surface area contributed by atoms with Crippen molar-refractivity contribution in [3.8, 4) is 23.0 Å². The van der Waals surface area contributed by atoms with Crippen LogP contribution in [0.1, 0.15) is 47.8 Å². The molecule has 4 aromatic rings. The van der Waals surface area contributed by atoms with E-state index < -0.39 is 5.97 Å². The first-order valence-electron chi connectivity index (χ1n) is 11.0. The van der Waals surface area contributed by atoms with Crippen LogP contribution in [-0.4, -0.2) is 20.9 Å². The number of rotatable bonds is 6. The number of nitrogens with zero attached hydrogens (tertiary/aromatic N) is 3. The Morgan fingerprint density at radius 3 is 2.21 bits per heavy atom. The first-order chi connectivity index (χ1) is 16.2. The van der Waals surface area contributed by atoms with Crippen molar-refractivity contribution < 1.29 is 9.90 Å². The molecule has 0 saturated carbocycles. The summed E-state index contributed by atoms with van der Waals surface area (Å²) in [6.45, 7) is 7.13. The SMILES string of the molecule is CC(C)(C)c1ccc(NCc2cn(-c3ccc(C(=O)O)cc3)nc2-c2ccc(C#N)cc2)cc1. The van der Waals surface area contributed by atoms with Gasteiger partial charge in [0.2, 0.25) is 0 Å². The third kappa shape index (κ3) is 5.00. The zero-order valence-electron chi connectivity index (χ0n) is 19.4. The Balaban J connectivity index is 1.65. The first kappa shape index (κ1) is 22.8. The first-order valence-corrected chi connectivity index (χ1v) is 11.0. The predicted octanol–water partition coefficient (Wildman–Crippen LogP) is 6.02. The van der Waals surface area contributed by atoms with Crippen molar-refractivity contribution in [1.29, 1.82) is 5.26 Å². The number of hydrogen-bond acceptors (Lipinski definition) is 4. The van der Waals surface area contributed by atoms with Crippen LogP contribution >= 0.6 is 0 Å². The molecule has 3 aromatic carbocycles. The van der Waals surface area contributed by atoms with Crippen molar-refractivity contribution in [3.63, 3.8) is 0 Å². The van der Waals surface area contributed by atoms with Gasteiger partial charge in [-0.25, -0.2) is 9.48 Å². The van der Waals surface area contributed by atoms with Gasteiger partial charge < -0.3 is 10.4 Å². The van der Waals surface area contributed by atoms with Crippen molar-refractivity contribution in [2.45, 2.75) is 32.7 Å². The van der Waals surface area contributed by atoms with Crippen LogP contribution < -0.4 is 5.32 Å². The summed E-state index contributed by atoms with van der Waals surface area (Å²) in [7, 11) is 0. The van der Waals surface area contributed by atoms with E-state index in [9.17, 15) is 9.90 Å². The molecule has 0 atom stereocenters. The lowest BCUT2D eigenvalue weighted by atomic mass is 9.87. The molecule has 1 heterocycles. The zero-order chi connectivity index (χ0) is 24.3. The topological polar surface area (TPSA) is 90.9 Å². The molecular weight excluding hydrogens is 424 g/mol. The fourth-order valence-electron chi connectivity index (χ4n) is 3.66. The number of aromatic carboxylic acids is 1. The van der Waals surface area contributed by atoms with E-state index >= 15 is 0 Å². The average molecular weight is 451 g/mol. The summed E-state index contributed by atoms with van der Waals surface area (Å²) in [4.78, 5) is 11.2. The largest absolute Gasteiger partial charge is 0.478 e. The van der Waals surface area contributed by atoms with E-state index in [0.717, 1.165) is 28.2 Å². The van der Waals surface area contributed by atoms with Crippen LogP contribution in [-0.2, 0) is 12.0 Å². The van der Waals surface area contributed by atoms with Gasteiger partial charge >= 0.3 is 5.97 Å². The van der Waals surface area contributed by atoms with Gasteiger partial charge in [0.1, 0.15) is 0 Å². The van der Waals surface area contributed by atoms with Gasteiger partial charge in [0.05, 0.1) is 28.6 Å². The summed E-state index contributed by atoms with van der Waals surface area (Å²) in [6, 6.07) is 24.5. The van der Waals surface area contributed by atoms with E-state index in [-0.39, 0.29) is 11.0 Å². The Kier molecular flexibility index (Phi) is 6.20. The number of hydrogen-bond donors (Lipinski definition) is 2. The summed E-state index contributed by atoms with van der Waals surface area (Å²) in [5, 5.41) is 26.6. The summed E-state index contributed by atoms with van der Waals surface area (Å²) < 4.78 is 1.75. The number of carbonyl (C=O) groups is 1. The third-order valence-electron chi connectivity index (χ3n) is 5.69. The van der Waals surface area contributed by atoms with Crippen LogP contribution in [0.4, 0.5) is 5.69 Å². The minimum Gasteiger partial charge on any atom is -0.478 e. The molecule has 0 saturated heterocycles.